The molecule has 0 unspecified atom stereocenters. The molecule has 5 nitrogen and oxygen atoms in total. The van der Waals surface area contributed by atoms with Gasteiger partial charge in [0.05, 0.1) is 18.6 Å². The molecule has 1 aromatic carbocycles. The van der Waals surface area contributed by atoms with Gasteiger partial charge in [-0.2, -0.15) is 13.2 Å². The van der Waals surface area contributed by atoms with E-state index in [4.69, 9.17) is 16.3 Å². The summed E-state index contributed by atoms with van der Waals surface area (Å²) in [5, 5.41) is 11.6. The predicted octanol–water partition coefficient (Wildman–Crippen LogP) is 2.10. The van der Waals surface area contributed by atoms with Crippen molar-refractivity contribution in [3.05, 3.63) is 34.9 Å². The van der Waals surface area contributed by atoms with E-state index in [1.807, 2.05) is 0 Å². The number of halogens is 4. The number of aliphatic hydroxyl groups is 1. The van der Waals surface area contributed by atoms with Gasteiger partial charge in [0.2, 0.25) is 0 Å². The quantitative estimate of drug-likeness (QED) is 0.724. The Kier molecular flexibility index (Phi) is 7.50. The molecule has 24 heavy (non-hydrogen) atoms. The van der Waals surface area contributed by atoms with Crippen molar-refractivity contribution in [2.45, 2.75) is 25.6 Å². The van der Waals surface area contributed by atoms with Crippen LogP contribution in [0.3, 0.4) is 0 Å². The lowest BCUT2D eigenvalue weighted by atomic mass is 10.0. The maximum absolute atomic E-state index is 12.1. The van der Waals surface area contributed by atoms with Crippen LogP contribution in [0.25, 0.3) is 0 Å². The van der Waals surface area contributed by atoms with E-state index in [0.29, 0.717) is 11.4 Å². The molecule has 0 saturated heterocycles. The number of nitrogens with one attached hydrogen (secondary N) is 1. The third kappa shape index (κ3) is 6.76. The van der Waals surface area contributed by atoms with E-state index in [2.05, 4.69) is 0 Å². The first-order valence-electron chi connectivity index (χ1n) is 7.05. The molecular formula is C15H17ClF3NO4. The van der Waals surface area contributed by atoms with E-state index in [-0.39, 0.29) is 6.61 Å². The summed E-state index contributed by atoms with van der Waals surface area (Å²) < 4.78 is 41.3. The van der Waals surface area contributed by atoms with Gasteiger partial charge in [0.25, 0.3) is 0 Å². The van der Waals surface area contributed by atoms with E-state index in [0.717, 1.165) is 5.56 Å². The lowest BCUT2D eigenvalue weighted by molar-refractivity contribution is -0.174. The maximum Gasteiger partial charge on any atom is 0.471 e. The molecule has 0 saturated carbocycles. The number of benzene rings is 1. The van der Waals surface area contributed by atoms with Gasteiger partial charge in [-0.1, -0.05) is 23.7 Å². The van der Waals surface area contributed by atoms with Gasteiger partial charge in [0, 0.05) is 18.0 Å². The molecule has 0 aliphatic carbocycles. The minimum absolute atomic E-state index is 0.0170. The van der Waals surface area contributed by atoms with Crippen LogP contribution in [0.5, 0.6) is 0 Å². The van der Waals surface area contributed by atoms with Crippen molar-refractivity contribution >= 4 is 23.5 Å². The van der Waals surface area contributed by atoms with Crippen LogP contribution in [0.2, 0.25) is 5.02 Å². The summed E-state index contributed by atoms with van der Waals surface area (Å²) in [4.78, 5) is 22.6. The number of carbonyl (C=O) groups excluding carboxylic acids is 2. The lowest BCUT2D eigenvalue weighted by Gasteiger charge is -2.19. The highest BCUT2D eigenvalue weighted by molar-refractivity contribution is 6.30. The number of aliphatic hydroxyl groups excluding tert-OH is 1. The third-order valence-corrected chi connectivity index (χ3v) is 3.43. The smallest absolute Gasteiger partial charge is 0.465 e. The number of ether oxygens (including phenoxy) is 1. The molecule has 1 rings (SSSR count). The largest absolute Gasteiger partial charge is 0.471 e. The highest BCUT2D eigenvalue weighted by Crippen LogP contribution is 2.15. The highest BCUT2D eigenvalue weighted by Gasteiger charge is 2.39. The molecule has 2 atom stereocenters. The van der Waals surface area contributed by atoms with E-state index < -0.39 is 36.6 Å². The predicted molar refractivity (Wildman–Crippen MR) is 80.4 cm³/mol. The molecule has 2 N–H and O–H groups in total. The second kappa shape index (κ2) is 8.89. The number of alkyl halides is 3. The fourth-order valence-corrected chi connectivity index (χ4v) is 1.91. The highest BCUT2D eigenvalue weighted by atomic mass is 35.5. The Morgan fingerprint density at radius 3 is 2.38 bits per heavy atom. The van der Waals surface area contributed by atoms with E-state index in [1.54, 1.807) is 29.6 Å². The third-order valence-electron chi connectivity index (χ3n) is 3.17. The van der Waals surface area contributed by atoms with Crippen LogP contribution in [-0.4, -0.2) is 42.4 Å². The molecule has 0 aliphatic rings. The standard InChI is InChI=1S/C15H17ClF3NO4/c1-9(21)12(8-20-14(23)15(17,18)19)13(22)24-7-6-10-2-4-11(16)5-3-10/h2-5,9,12,21H,6-8H2,1H3,(H,20,23)/t9-,12+/m1/s1. The van der Waals surface area contributed by atoms with Gasteiger partial charge in [0.15, 0.2) is 0 Å². The summed E-state index contributed by atoms with van der Waals surface area (Å²) in [5.74, 6) is -4.36. The van der Waals surface area contributed by atoms with E-state index in [9.17, 15) is 27.9 Å². The Bertz CT molecular complexity index is 561. The Labute approximate surface area is 141 Å². The van der Waals surface area contributed by atoms with Crippen LogP contribution < -0.4 is 5.32 Å². The fourth-order valence-electron chi connectivity index (χ4n) is 1.78. The minimum atomic E-state index is -5.05. The van der Waals surface area contributed by atoms with E-state index >= 15 is 0 Å². The van der Waals surface area contributed by atoms with Crippen LogP contribution in [0.4, 0.5) is 13.2 Å². The van der Waals surface area contributed by atoms with Crippen LogP contribution in [0, 0.1) is 5.92 Å². The second-order valence-electron chi connectivity index (χ2n) is 5.10. The number of carbonyl (C=O) groups is 2. The Balaban J connectivity index is 2.48. The summed E-state index contributed by atoms with van der Waals surface area (Å²) in [6.07, 6.45) is -5.95. The lowest BCUT2D eigenvalue weighted by Crippen LogP contribution is -2.44. The van der Waals surface area contributed by atoms with Gasteiger partial charge in [0.1, 0.15) is 0 Å². The molecule has 0 fully saturated rings. The van der Waals surface area contributed by atoms with Gasteiger partial charge >= 0.3 is 18.1 Å². The molecular weight excluding hydrogens is 351 g/mol. The molecule has 9 heteroatoms. The Hall–Kier alpha value is -1.80. The summed E-state index contributed by atoms with van der Waals surface area (Å²) in [6, 6.07) is 6.83. The Morgan fingerprint density at radius 2 is 1.88 bits per heavy atom. The van der Waals surface area contributed by atoms with Crippen molar-refractivity contribution in [2.75, 3.05) is 13.2 Å². The second-order valence-corrected chi connectivity index (χ2v) is 5.54. The molecule has 1 aromatic rings. The zero-order chi connectivity index (χ0) is 18.3. The summed E-state index contributed by atoms with van der Waals surface area (Å²) in [6.45, 7) is 0.539. The van der Waals surface area contributed by atoms with Crippen LogP contribution in [0.1, 0.15) is 12.5 Å². The normalized spacial score (nSPS) is 13.9. The van der Waals surface area contributed by atoms with Gasteiger partial charge < -0.3 is 15.2 Å². The van der Waals surface area contributed by atoms with Crippen molar-refractivity contribution in [3.63, 3.8) is 0 Å². The van der Waals surface area contributed by atoms with Crippen molar-refractivity contribution in [3.8, 4) is 0 Å². The number of rotatable bonds is 7. The number of esters is 1. The number of hydrogen-bond acceptors (Lipinski definition) is 4. The van der Waals surface area contributed by atoms with Crippen molar-refractivity contribution in [1.29, 1.82) is 0 Å². The number of amides is 1. The average molecular weight is 368 g/mol. The monoisotopic (exact) mass is 367 g/mol. The van der Waals surface area contributed by atoms with Crippen LogP contribution in [-0.2, 0) is 20.7 Å². The SMILES string of the molecule is C[C@@H](O)[C@H](CNC(=O)C(F)(F)F)C(=O)OCCc1ccc(Cl)cc1. The van der Waals surface area contributed by atoms with Crippen LogP contribution in [0.15, 0.2) is 24.3 Å². The first-order chi connectivity index (χ1) is 11.1. The van der Waals surface area contributed by atoms with Crippen molar-refractivity contribution in [1.82, 2.24) is 5.32 Å². The topological polar surface area (TPSA) is 75.6 Å². The van der Waals surface area contributed by atoms with Crippen molar-refractivity contribution in [2.24, 2.45) is 5.92 Å². The molecule has 1 amide bonds. The average Bonchev–Trinajstić information content (AvgIpc) is 2.48. The van der Waals surface area contributed by atoms with Gasteiger partial charge in [-0.3, -0.25) is 9.59 Å². The van der Waals surface area contributed by atoms with Gasteiger partial charge in [-0.05, 0) is 24.6 Å². The molecule has 0 aromatic heterocycles. The minimum Gasteiger partial charge on any atom is -0.465 e. The zero-order valence-corrected chi connectivity index (χ0v) is 13.5. The van der Waals surface area contributed by atoms with E-state index in [1.165, 1.54) is 6.92 Å². The summed E-state index contributed by atoms with van der Waals surface area (Å²) in [7, 11) is 0. The molecule has 134 valence electrons. The Morgan fingerprint density at radius 1 is 1.29 bits per heavy atom. The van der Waals surface area contributed by atoms with Gasteiger partial charge in [-0.15, -0.1) is 0 Å². The summed E-state index contributed by atoms with van der Waals surface area (Å²) >= 11 is 5.74. The van der Waals surface area contributed by atoms with Crippen molar-refractivity contribution < 1.29 is 32.6 Å². The molecule has 0 spiro atoms. The van der Waals surface area contributed by atoms with Gasteiger partial charge in [-0.25, -0.2) is 0 Å². The summed E-state index contributed by atoms with van der Waals surface area (Å²) in [5.41, 5.74) is 0.853. The fraction of sp³-hybridized carbons (Fsp3) is 0.467. The molecule has 0 heterocycles. The first kappa shape index (κ1) is 20.2. The number of hydrogen-bond donors (Lipinski definition) is 2. The maximum atomic E-state index is 12.1. The first-order valence-corrected chi connectivity index (χ1v) is 7.43. The molecule has 0 bridgehead atoms. The zero-order valence-electron chi connectivity index (χ0n) is 12.8. The van der Waals surface area contributed by atoms with Crippen LogP contribution >= 0.6 is 11.6 Å². The molecule has 0 radical (unpaired) electrons. The molecule has 0 aliphatic heterocycles.